The quantitative estimate of drug-likeness (QED) is 0.254. The molecular formula is C25H17Br2ClN4O. The molecule has 33 heavy (non-hydrogen) atoms. The minimum absolute atomic E-state index is 0.181. The highest BCUT2D eigenvalue weighted by atomic mass is 79.9. The molecule has 0 radical (unpaired) electrons. The molecular weight excluding hydrogens is 568 g/mol. The maximum absolute atomic E-state index is 6.67. The summed E-state index contributed by atoms with van der Waals surface area (Å²) in [5.41, 5.74) is 5.31. The van der Waals surface area contributed by atoms with Crippen molar-refractivity contribution in [2.24, 2.45) is 0 Å². The van der Waals surface area contributed by atoms with Gasteiger partial charge in [0.1, 0.15) is 24.2 Å². The van der Waals surface area contributed by atoms with Crippen LogP contribution in [0.25, 0.3) is 5.70 Å². The van der Waals surface area contributed by atoms with Crippen LogP contribution in [0.2, 0.25) is 5.02 Å². The highest BCUT2D eigenvalue weighted by molar-refractivity contribution is 9.10. The molecule has 0 spiro atoms. The van der Waals surface area contributed by atoms with E-state index in [1.807, 2.05) is 42.1 Å². The molecule has 0 aliphatic carbocycles. The van der Waals surface area contributed by atoms with Crippen LogP contribution in [0, 0.1) is 0 Å². The number of anilines is 1. The van der Waals surface area contributed by atoms with Gasteiger partial charge < -0.3 is 9.64 Å². The lowest BCUT2D eigenvalue weighted by Crippen LogP contribution is -2.37. The predicted octanol–water partition coefficient (Wildman–Crippen LogP) is 7.04. The summed E-state index contributed by atoms with van der Waals surface area (Å²) in [7, 11) is 2.02. The Bertz CT molecular complexity index is 1400. The minimum Gasteiger partial charge on any atom is -0.480 e. The predicted molar refractivity (Wildman–Crippen MR) is 137 cm³/mol. The number of hydrogen-bond acceptors (Lipinski definition) is 4. The summed E-state index contributed by atoms with van der Waals surface area (Å²) in [5.74, 6) is 1.53. The maximum atomic E-state index is 6.67. The van der Waals surface area contributed by atoms with Gasteiger partial charge in [-0.3, -0.25) is 0 Å². The van der Waals surface area contributed by atoms with Crippen LogP contribution in [0.1, 0.15) is 28.8 Å². The van der Waals surface area contributed by atoms with Crippen LogP contribution in [0.5, 0.6) is 5.75 Å². The van der Waals surface area contributed by atoms with E-state index >= 15 is 0 Å². The molecule has 0 fully saturated rings. The van der Waals surface area contributed by atoms with Gasteiger partial charge in [0.15, 0.2) is 0 Å². The van der Waals surface area contributed by atoms with Gasteiger partial charge in [0.05, 0.1) is 5.70 Å². The third-order valence-electron chi connectivity index (χ3n) is 6.09. The number of benzene rings is 3. The highest BCUT2D eigenvalue weighted by Crippen LogP contribution is 2.52. The van der Waals surface area contributed by atoms with Gasteiger partial charge in [0.25, 0.3) is 0 Å². The molecule has 0 N–H and O–H groups in total. The van der Waals surface area contributed by atoms with Crippen molar-refractivity contribution in [1.29, 1.82) is 0 Å². The first-order valence-corrected chi connectivity index (χ1v) is 12.3. The van der Waals surface area contributed by atoms with Crippen molar-refractivity contribution in [2.75, 3.05) is 11.9 Å². The first kappa shape index (κ1) is 21.0. The number of nitrogens with zero attached hydrogens (tertiary/aromatic N) is 4. The van der Waals surface area contributed by atoms with Crippen LogP contribution in [-0.2, 0) is 0 Å². The van der Waals surface area contributed by atoms with Gasteiger partial charge in [0.2, 0.25) is 5.95 Å². The molecule has 5 nitrogen and oxygen atoms in total. The number of ether oxygens (including phenoxy) is 1. The molecule has 8 heteroatoms. The average Bonchev–Trinajstić information content (AvgIpc) is 3.30. The van der Waals surface area contributed by atoms with Crippen molar-refractivity contribution >= 4 is 55.1 Å². The molecule has 2 aliphatic rings. The zero-order chi connectivity index (χ0) is 22.7. The summed E-state index contributed by atoms with van der Waals surface area (Å²) < 4.78 is 10.7. The van der Waals surface area contributed by atoms with Crippen LogP contribution < -0.4 is 9.64 Å². The molecule has 4 aromatic rings. The van der Waals surface area contributed by atoms with Gasteiger partial charge in [-0.2, -0.15) is 10.1 Å². The van der Waals surface area contributed by atoms with Crippen LogP contribution in [0.4, 0.5) is 5.95 Å². The molecule has 6 rings (SSSR count). The Hall–Kier alpha value is -2.61. The number of fused-ring (bicyclic) bond motifs is 3. The SMILES string of the molecule is CN1C2=C([C@H](c3ccc(Br)cc3)n3ncnc31)[C@@H](c1ccc(Br)cc1)Oc1cc(Cl)ccc12. The number of halogens is 3. The Kier molecular flexibility index (Phi) is 5.09. The van der Waals surface area contributed by atoms with E-state index in [0.717, 1.165) is 48.6 Å². The van der Waals surface area contributed by atoms with Gasteiger partial charge >= 0.3 is 0 Å². The molecule has 0 unspecified atom stereocenters. The Morgan fingerprint density at radius 2 is 1.58 bits per heavy atom. The van der Waals surface area contributed by atoms with Gasteiger partial charge in [-0.1, -0.05) is 67.7 Å². The summed E-state index contributed by atoms with van der Waals surface area (Å²) in [4.78, 5) is 6.68. The van der Waals surface area contributed by atoms with Gasteiger partial charge in [-0.05, 0) is 53.6 Å². The first-order chi connectivity index (χ1) is 16.0. The monoisotopic (exact) mass is 582 g/mol. The molecule has 3 aromatic carbocycles. The molecule has 0 saturated heterocycles. The molecule has 0 amide bonds. The summed E-state index contributed by atoms with van der Waals surface area (Å²) in [6, 6.07) is 22.2. The van der Waals surface area contributed by atoms with Crippen LogP contribution >= 0.6 is 43.5 Å². The van der Waals surface area contributed by atoms with Crippen LogP contribution in [0.15, 0.2) is 87.6 Å². The van der Waals surface area contributed by atoms with Crippen molar-refractivity contribution in [3.8, 4) is 5.75 Å². The molecule has 0 saturated carbocycles. The number of hydrogen-bond donors (Lipinski definition) is 0. The minimum atomic E-state index is -0.326. The second-order valence-electron chi connectivity index (χ2n) is 8.01. The maximum Gasteiger partial charge on any atom is 0.229 e. The average molecular weight is 585 g/mol. The standard InChI is InChI=1S/C25H17Br2ClN4O/c1-31-23-19-11-10-18(28)12-20(19)33-24(15-4-8-17(27)9-5-15)21(23)22(32-25(31)29-13-30-32)14-2-6-16(26)7-3-14/h2-13,22,24H,1H3/t22-,24+/m0/s1. The van der Waals surface area contributed by atoms with E-state index in [2.05, 4.69) is 83.2 Å². The van der Waals surface area contributed by atoms with Crippen molar-refractivity contribution in [3.63, 3.8) is 0 Å². The van der Waals surface area contributed by atoms with Crippen LogP contribution in [-0.4, -0.2) is 21.8 Å². The second-order valence-corrected chi connectivity index (χ2v) is 10.3. The first-order valence-electron chi connectivity index (χ1n) is 10.4. The van der Waals surface area contributed by atoms with Crippen LogP contribution in [0.3, 0.4) is 0 Å². The fourth-order valence-corrected chi connectivity index (χ4v) is 5.35. The van der Waals surface area contributed by atoms with E-state index in [0.29, 0.717) is 5.02 Å². The second kappa shape index (κ2) is 8.01. The molecule has 2 atom stereocenters. The number of rotatable bonds is 2. The lowest BCUT2D eigenvalue weighted by molar-refractivity contribution is 0.222. The van der Waals surface area contributed by atoms with E-state index in [1.165, 1.54) is 0 Å². The Labute approximate surface area is 212 Å². The summed E-state index contributed by atoms with van der Waals surface area (Å²) in [6.07, 6.45) is 1.28. The number of aromatic nitrogens is 3. The largest absolute Gasteiger partial charge is 0.480 e. The summed E-state index contributed by atoms with van der Waals surface area (Å²) in [6.45, 7) is 0. The molecule has 164 valence electrons. The third-order valence-corrected chi connectivity index (χ3v) is 7.38. The molecule has 3 heterocycles. The smallest absolute Gasteiger partial charge is 0.229 e. The van der Waals surface area contributed by atoms with Gasteiger partial charge in [0, 0.05) is 32.2 Å². The van der Waals surface area contributed by atoms with Crippen molar-refractivity contribution in [2.45, 2.75) is 12.1 Å². The van der Waals surface area contributed by atoms with Crippen molar-refractivity contribution < 1.29 is 4.74 Å². The lowest BCUT2D eigenvalue weighted by Gasteiger charge is -2.42. The summed E-state index contributed by atoms with van der Waals surface area (Å²) in [5, 5.41) is 5.26. The van der Waals surface area contributed by atoms with Crippen molar-refractivity contribution in [3.05, 3.63) is 109 Å². The normalized spacial score (nSPS) is 19.0. The van der Waals surface area contributed by atoms with E-state index in [4.69, 9.17) is 16.3 Å². The van der Waals surface area contributed by atoms with E-state index in [1.54, 1.807) is 6.33 Å². The van der Waals surface area contributed by atoms with Gasteiger partial charge in [-0.25, -0.2) is 4.68 Å². The molecule has 1 aromatic heterocycles. The Balaban J connectivity index is 1.66. The van der Waals surface area contributed by atoms with Crippen molar-refractivity contribution in [1.82, 2.24) is 14.8 Å². The van der Waals surface area contributed by atoms with E-state index in [9.17, 15) is 0 Å². The Morgan fingerprint density at radius 3 is 2.27 bits per heavy atom. The lowest BCUT2D eigenvalue weighted by atomic mass is 9.84. The molecule has 0 bridgehead atoms. The topological polar surface area (TPSA) is 43.2 Å². The Morgan fingerprint density at radius 1 is 0.909 bits per heavy atom. The third kappa shape index (κ3) is 3.41. The zero-order valence-electron chi connectivity index (χ0n) is 17.4. The van der Waals surface area contributed by atoms with E-state index < -0.39 is 0 Å². The zero-order valence-corrected chi connectivity index (χ0v) is 21.3. The van der Waals surface area contributed by atoms with Gasteiger partial charge in [-0.15, -0.1) is 0 Å². The molecule has 2 aliphatic heterocycles. The fourth-order valence-electron chi connectivity index (χ4n) is 4.66. The fraction of sp³-hybridized carbons (Fsp3) is 0.120. The highest BCUT2D eigenvalue weighted by Gasteiger charge is 2.43. The van der Waals surface area contributed by atoms with E-state index in [-0.39, 0.29) is 12.1 Å². The summed E-state index contributed by atoms with van der Waals surface area (Å²) >= 11 is 13.5.